The summed E-state index contributed by atoms with van der Waals surface area (Å²) >= 11 is 0. The first-order chi connectivity index (χ1) is 12.3. The Morgan fingerprint density at radius 2 is 1.96 bits per heavy atom. The molecule has 3 heterocycles. The maximum absolute atomic E-state index is 12.5. The Balaban J connectivity index is 1.78. The summed E-state index contributed by atoms with van der Waals surface area (Å²) in [4.78, 5) is 23.7. The Hall–Kier alpha value is -2.24. The van der Waals surface area contributed by atoms with Crippen LogP contribution in [0.1, 0.15) is 52.8 Å². The lowest BCUT2D eigenvalue weighted by atomic mass is 9.95. The maximum Gasteiger partial charge on any atom is 0.227 e. The van der Waals surface area contributed by atoms with E-state index in [0.717, 1.165) is 43.0 Å². The Bertz CT molecular complexity index is 775. The monoisotopic (exact) mass is 355 g/mol. The molecular formula is C20H29N5O. The smallest absolute Gasteiger partial charge is 0.227 e. The second-order valence-electron chi connectivity index (χ2n) is 8.47. The first-order valence-corrected chi connectivity index (χ1v) is 9.40. The van der Waals surface area contributed by atoms with Crippen molar-refractivity contribution in [2.75, 3.05) is 13.1 Å². The highest BCUT2D eigenvalue weighted by atomic mass is 16.2. The predicted molar refractivity (Wildman–Crippen MR) is 101 cm³/mol. The molecule has 1 saturated heterocycles. The number of amides is 1. The van der Waals surface area contributed by atoms with Crippen molar-refractivity contribution in [3.8, 4) is 11.4 Å². The highest BCUT2D eigenvalue weighted by molar-refractivity contribution is 5.81. The van der Waals surface area contributed by atoms with Gasteiger partial charge in [-0.15, -0.1) is 0 Å². The average Bonchev–Trinajstić information content (AvgIpc) is 3.23. The lowest BCUT2D eigenvalue weighted by molar-refractivity contribution is -0.138. The van der Waals surface area contributed by atoms with Crippen LogP contribution in [0, 0.1) is 11.3 Å². The number of hydrogen-bond donors (Lipinski definition) is 0. The van der Waals surface area contributed by atoms with Gasteiger partial charge in [-0.2, -0.15) is 5.10 Å². The quantitative estimate of drug-likeness (QED) is 0.843. The molecule has 6 nitrogen and oxygen atoms in total. The van der Waals surface area contributed by atoms with Crippen molar-refractivity contribution in [2.24, 2.45) is 11.3 Å². The van der Waals surface area contributed by atoms with E-state index in [0.29, 0.717) is 5.92 Å². The van der Waals surface area contributed by atoms with Gasteiger partial charge in [0.15, 0.2) is 0 Å². The van der Waals surface area contributed by atoms with Gasteiger partial charge in [-0.05, 0) is 38.7 Å². The van der Waals surface area contributed by atoms with E-state index in [-0.39, 0.29) is 17.4 Å². The van der Waals surface area contributed by atoms with Crippen molar-refractivity contribution in [1.82, 2.24) is 24.6 Å². The normalized spacial score (nSPS) is 17.9. The van der Waals surface area contributed by atoms with Crippen molar-refractivity contribution >= 4 is 5.91 Å². The Labute approximate surface area is 155 Å². The lowest BCUT2D eigenvalue weighted by Gasteiger charge is -2.25. The number of carbonyl (C=O) groups is 1. The summed E-state index contributed by atoms with van der Waals surface area (Å²) < 4.78 is 1.98. The van der Waals surface area contributed by atoms with Crippen molar-refractivity contribution in [3.05, 3.63) is 30.4 Å². The third kappa shape index (κ3) is 3.79. The van der Waals surface area contributed by atoms with Crippen LogP contribution >= 0.6 is 0 Å². The molecule has 1 amide bonds. The minimum absolute atomic E-state index is 0.234. The zero-order valence-corrected chi connectivity index (χ0v) is 16.4. The molecule has 140 valence electrons. The number of likely N-dealkylation sites (tertiary alicyclic amines) is 1. The highest BCUT2D eigenvalue weighted by Crippen LogP contribution is 2.29. The van der Waals surface area contributed by atoms with Crippen LogP contribution in [0.25, 0.3) is 11.4 Å². The van der Waals surface area contributed by atoms with Gasteiger partial charge in [0.2, 0.25) is 5.91 Å². The summed E-state index contributed by atoms with van der Waals surface area (Å²) in [7, 11) is 0. The fourth-order valence-electron chi connectivity index (χ4n) is 3.57. The van der Waals surface area contributed by atoms with E-state index in [1.54, 1.807) is 12.4 Å². The summed E-state index contributed by atoms with van der Waals surface area (Å²) in [6.07, 6.45) is 7.15. The summed E-state index contributed by atoms with van der Waals surface area (Å²) in [5, 5.41) is 4.42. The fraction of sp³-hybridized carbons (Fsp3) is 0.600. The van der Waals surface area contributed by atoms with E-state index in [1.807, 2.05) is 42.6 Å². The largest absolute Gasteiger partial charge is 0.342 e. The van der Waals surface area contributed by atoms with Gasteiger partial charge in [0.25, 0.3) is 0 Å². The Morgan fingerprint density at radius 3 is 2.65 bits per heavy atom. The van der Waals surface area contributed by atoms with Gasteiger partial charge in [-0.3, -0.25) is 19.4 Å². The van der Waals surface area contributed by atoms with Gasteiger partial charge in [0.1, 0.15) is 5.69 Å². The van der Waals surface area contributed by atoms with Crippen LogP contribution in [-0.4, -0.2) is 43.6 Å². The Kier molecular flexibility index (Phi) is 5.12. The molecule has 1 atom stereocenters. The zero-order valence-electron chi connectivity index (χ0n) is 16.4. The van der Waals surface area contributed by atoms with E-state index in [9.17, 15) is 4.79 Å². The molecule has 2 aromatic heterocycles. The molecule has 1 aliphatic heterocycles. The van der Waals surface area contributed by atoms with E-state index >= 15 is 0 Å². The SMILES string of the molecule is CC(C)n1nccc1-c1nccnc1CC1CCN(C(=O)C(C)(C)C)C1. The molecule has 0 bridgehead atoms. The van der Waals surface area contributed by atoms with Crippen molar-refractivity contribution in [3.63, 3.8) is 0 Å². The molecule has 0 saturated carbocycles. The summed E-state index contributed by atoms with van der Waals surface area (Å²) in [6, 6.07) is 2.26. The molecule has 0 radical (unpaired) electrons. The van der Waals surface area contributed by atoms with E-state index in [2.05, 4.69) is 28.9 Å². The first kappa shape index (κ1) is 18.5. The number of rotatable bonds is 4. The van der Waals surface area contributed by atoms with Crippen LogP contribution in [0.4, 0.5) is 0 Å². The fourth-order valence-corrected chi connectivity index (χ4v) is 3.57. The van der Waals surface area contributed by atoms with E-state index < -0.39 is 0 Å². The van der Waals surface area contributed by atoms with Gasteiger partial charge in [-0.25, -0.2) is 0 Å². The van der Waals surface area contributed by atoms with Crippen molar-refractivity contribution in [1.29, 1.82) is 0 Å². The zero-order chi connectivity index (χ0) is 18.9. The number of carbonyl (C=O) groups excluding carboxylic acids is 1. The number of hydrogen-bond acceptors (Lipinski definition) is 4. The van der Waals surface area contributed by atoms with Crippen molar-refractivity contribution < 1.29 is 4.79 Å². The molecule has 0 aliphatic carbocycles. The van der Waals surface area contributed by atoms with E-state index in [4.69, 9.17) is 0 Å². The molecular weight excluding hydrogens is 326 g/mol. The summed E-state index contributed by atoms with van der Waals surface area (Å²) in [5.74, 6) is 0.657. The minimum Gasteiger partial charge on any atom is -0.342 e. The molecule has 0 aromatic carbocycles. The molecule has 3 rings (SSSR count). The van der Waals surface area contributed by atoms with Gasteiger partial charge in [-0.1, -0.05) is 20.8 Å². The molecule has 0 spiro atoms. The maximum atomic E-state index is 12.5. The van der Waals surface area contributed by atoms with Gasteiger partial charge in [0.05, 0.1) is 11.4 Å². The summed E-state index contributed by atoms with van der Waals surface area (Å²) in [6.45, 7) is 11.8. The Morgan fingerprint density at radius 1 is 1.23 bits per heavy atom. The summed E-state index contributed by atoms with van der Waals surface area (Å²) in [5.41, 5.74) is 2.57. The second kappa shape index (κ2) is 7.17. The van der Waals surface area contributed by atoms with Crippen LogP contribution in [-0.2, 0) is 11.2 Å². The second-order valence-corrected chi connectivity index (χ2v) is 8.47. The van der Waals surface area contributed by atoms with Gasteiger partial charge in [0, 0.05) is 43.1 Å². The molecule has 1 unspecified atom stereocenters. The topological polar surface area (TPSA) is 63.9 Å². The van der Waals surface area contributed by atoms with Crippen LogP contribution in [0.2, 0.25) is 0 Å². The van der Waals surface area contributed by atoms with Gasteiger partial charge < -0.3 is 4.90 Å². The van der Waals surface area contributed by atoms with Crippen LogP contribution in [0.3, 0.4) is 0 Å². The molecule has 2 aromatic rings. The van der Waals surface area contributed by atoms with Crippen LogP contribution < -0.4 is 0 Å². The molecule has 26 heavy (non-hydrogen) atoms. The molecule has 0 N–H and O–H groups in total. The van der Waals surface area contributed by atoms with Crippen molar-refractivity contribution in [2.45, 2.75) is 53.5 Å². The third-order valence-corrected chi connectivity index (χ3v) is 4.87. The van der Waals surface area contributed by atoms with E-state index in [1.165, 1.54) is 0 Å². The minimum atomic E-state index is -0.323. The number of aromatic nitrogens is 4. The average molecular weight is 355 g/mol. The molecule has 6 heteroatoms. The van der Waals surface area contributed by atoms with Gasteiger partial charge >= 0.3 is 0 Å². The molecule has 1 fully saturated rings. The lowest BCUT2D eigenvalue weighted by Crippen LogP contribution is -2.38. The van der Waals surface area contributed by atoms with Crippen LogP contribution in [0.5, 0.6) is 0 Å². The first-order valence-electron chi connectivity index (χ1n) is 9.40. The van der Waals surface area contributed by atoms with Crippen LogP contribution in [0.15, 0.2) is 24.7 Å². The predicted octanol–water partition coefficient (Wildman–Crippen LogP) is 3.36. The number of nitrogens with zero attached hydrogens (tertiary/aromatic N) is 5. The highest BCUT2D eigenvalue weighted by Gasteiger charge is 2.33. The third-order valence-electron chi connectivity index (χ3n) is 4.87. The molecule has 1 aliphatic rings. The standard InChI is InChI=1S/C20H29N5O/c1-14(2)25-17(6-8-23-25)18-16(21-9-10-22-18)12-15-7-11-24(13-15)19(26)20(3,4)5/h6,8-10,14-15H,7,11-13H2,1-5H3.